The van der Waals surface area contributed by atoms with Crippen LogP contribution in [0, 0.1) is 11.7 Å². The molecule has 0 saturated carbocycles. The van der Waals surface area contributed by atoms with Crippen molar-refractivity contribution >= 4 is 17.9 Å². The van der Waals surface area contributed by atoms with Gasteiger partial charge in [-0.25, -0.2) is 4.39 Å². The van der Waals surface area contributed by atoms with E-state index in [1.807, 2.05) is 12.1 Å². The van der Waals surface area contributed by atoms with Gasteiger partial charge in [0.2, 0.25) is 5.91 Å². The zero-order valence-corrected chi connectivity index (χ0v) is 15.5. The summed E-state index contributed by atoms with van der Waals surface area (Å²) in [6, 6.07) is 9.57. The highest BCUT2D eigenvalue weighted by atomic mass is 19.4. The highest BCUT2D eigenvalue weighted by molar-refractivity contribution is 5.79. The van der Waals surface area contributed by atoms with Crippen LogP contribution in [0.2, 0.25) is 0 Å². The molecule has 0 unspecified atom stereocenters. The van der Waals surface area contributed by atoms with Crippen LogP contribution in [0.3, 0.4) is 0 Å². The minimum atomic E-state index is -4.69. The number of nitrogens with zero attached hydrogens (tertiary/aromatic N) is 1. The molecule has 1 fully saturated rings. The van der Waals surface area contributed by atoms with Crippen molar-refractivity contribution in [2.24, 2.45) is 5.92 Å². The van der Waals surface area contributed by atoms with E-state index in [0.29, 0.717) is 37.6 Å². The van der Waals surface area contributed by atoms with E-state index in [2.05, 4.69) is 10.2 Å². The molecule has 3 rings (SSSR count). The van der Waals surface area contributed by atoms with Crippen LogP contribution in [0.4, 0.5) is 23.2 Å². The van der Waals surface area contributed by atoms with Crippen molar-refractivity contribution in [2.75, 3.05) is 18.0 Å². The Balaban J connectivity index is 1.56. The second-order valence-electron chi connectivity index (χ2n) is 6.99. The van der Waals surface area contributed by atoms with E-state index in [9.17, 15) is 27.2 Å². The smallest absolute Gasteiger partial charge is 0.371 e. The summed E-state index contributed by atoms with van der Waals surface area (Å²) in [7, 11) is 0. The molecule has 1 amide bonds. The predicted molar refractivity (Wildman–Crippen MR) is 100 cm³/mol. The standard InChI is InChI=1S/C21H20F4N2O2/c22-17-4-3-16(19(11-17)21(23,24)25)12-26-20(29)15-7-9-27(10-8-15)18-5-1-14(13-28)2-6-18/h1-6,11,13,15H,7-10,12H2,(H,26,29). The van der Waals surface area contributed by atoms with Gasteiger partial charge in [0, 0.05) is 36.8 Å². The van der Waals surface area contributed by atoms with Crippen molar-refractivity contribution in [2.45, 2.75) is 25.6 Å². The number of hydrogen-bond acceptors (Lipinski definition) is 3. The largest absolute Gasteiger partial charge is 0.416 e. The monoisotopic (exact) mass is 408 g/mol. The molecule has 1 aliphatic heterocycles. The van der Waals surface area contributed by atoms with Crippen molar-refractivity contribution < 1.29 is 27.2 Å². The van der Waals surface area contributed by atoms with Crippen LogP contribution in [0.25, 0.3) is 0 Å². The van der Waals surface area contributed by atoms with Crippen LogP contribution >= 0.6 is 0 Å². The number of carbonyl (C=O) groups is 2. The highest BCUT2D eigenvalue weighted by Crippen LogP contribution is 2.32. The van der Waals surface area contributed by atoms with Crippen molar-refractivity contribution in [1.82, 2.24) is 5.32 Å². The van der Waals surface area contributed by atoms with E-state index >= 15 is 0 Å². The van der Waals surface area contributed by atoms with Crippen molar-refractivity contribution in [3.05, 3.63) is 65.0 Å². The molecule has 2 aromatic carbocycles. The van der Waals surface area contributed by atoms with Gasteiger partial charge in [0.25, 0.3) is 0 Å². The van der Waals surface area contributed by atoms with Crippen LogP contribution in [0.15, 0.2) is 42.5 Å². The molecule has 8 heteroatoms. The van der Waals surface area contributed by atoms with E-state index in [0.717, 1.165) is 24.1 Å². The van der Waals surface area contributed by atoms with Crippen LogP contribution in [0.1, 0.15) is 34.3 Å². The van der Waals surface area contributed by atoms with E-state index in [1.165, 1.54) is 0 Å². The third kappa shape index (κ3) is 5.13. The molecular formula is C21H20F4N2O2. The first-order valence-electron chi connectivity index (χ1n) is 9.21. The molecular weight excluding hydrogens is 388 g/mol. The van der Waals surface area contributed by atoms with E-state index in [4.69, 9.17) is 0 Å². The number of alkyl halides is 3. The van der Waals surface area contributed by atoms with Gasteiger partial charge in [0.05, 0.1) is 5.56 Å². The van der Waals surface area contributed by atoms with Gasteiger partial charge in [-0.2, -0.15) is 13.2 Å². The van der Waals surface area contributed by atoms with Gasteiger partial charge in [-0.1, -0.05) is 6.07 Å². The Morgan fingerprint density at radius 1 is 1.10 bits per heavy atom. The molecule has 0 aromatic heterocycles. The third-order valence-electron chi connectivity index (χ3n) is 5.09. The van der Waals surface area contributed by atoms with Crippen molar-refractivity contribution in [1.29, 1.82) is 0 Å². The van der Waals surface area contributed by atoms with Crippen molar-refractivity contribution in [3.8, 4) is 0 Å². The first kappa shape index (κ1) is 20.8. The highest BCUT2D eigenvalue weighted by Gasteiger charge is 2.34. The maximum Gasteiger partial charge on any atom is 0.416 e. The van der Waals surface area contributed by atoms with Gasteiger partial charge in [-0.05, 0) is 54.8 Å². The first-order valence-corrected chi connectivity index (χ1v) is 9.21. The molecule has 2 aromatic rings. The summed E-state index contributed by atoms with van der Waals surface area (Å²) in [5, 5.41) is 2.55. The number of benzene rings is 2. The number of anilines is 1. The van der Waals surface area contributed by atoms with Gasteiger partial charge >= 0.3 is 6.18 Å². The summed E-state index contributed by atoms with van der Waals surface area (Å²) < 4.78 is 52.3. The summed E-state index contributed by atoms with van der Waals surface area (Å²) in [5.74, 6) is -1.57. The van der Waals surface area contributed by atoms with Crippen LogP contribution < -0.4 is 10.2 Å². The second-order valence-corrected chi connectivity index (χ2v) is 6.99. The summed E-state index contributed by atoms with van der Waals surface area (Å²) in [4.78, 5) is 25.2. The average Bonchev–Trinajstić information content (AvgIpc) is 2.72. The Bertz CT molecular complexity index is 873. The fourth-order valence-electron chi connectivity index (χ4n) is 3.46. The fraction of sp³-hybridized carbons (Fsp3) is 0.333. The number of piperidine rings is 1. The summed E-state index contributed by atoms with van der Waals surface area (Å²) in [5.41, 5.74) is 0.295. The lowest BCUT2D eigenvalue weighted by Gasteiger charge is -2.33. The van der Waals surface area contributed by atoms with Gasteiger partial charge in [0.15, 0.2) is 0 Å². The molecule has 0 aliphatic carbocycles. The number of nitrogens with one attached hydrogen (secondary N) is 1. The van der Waals surface area contributed by atoms with Crippen LogP contribution in [0.5, 0.6) is 0 Å². The van der Waals surface area contributed by atoms with Gasteiger partial charge in [0.1, 0.15) is 12.1 Å². The lowest BCUT2D eigenvalue weighted by molar-refractivity contribution is -0.138. The molecule has 1 aliphatic rings. The zero-order valence-electron chi connectivity index (χ0n) is 15.5. The zero-order chi connectivity index (χ0) is 21.0. The Hall–Kier alpha value is -2.90. The number of rotatable bonds is 5. The maximum absolute atomic E-state index is 13.2. The first-order chi connectivity index (χ1) is 13.8. The number of aldehydes is 1. The summed E-state index contributed by atoms with van der Waals surface area (Å²) in [6.07, 6.45) is -2.79. The molecule has 4 nitrogen and oxygen atoms in total. The molecule has 154 valence electrons. The molecule has 1 saturated heterocycles. The molecule has 0 atom stereocenters. The number of hydrogen-bond donors (Lipinski definition) is 1. The predicted octanol–water partition coefficient (Wildman–Crippen LogP) is 4.19. The minimum Gasteiger partial charge on any atom is -0.371 e. The van der Waals surface area contributed by atoms with Gasteiger partial charge in [-0.3, -0.25) is 9.59 Å². The van der Waals surface area contributed by atoms with Gasteiger partial charge in [-0.15, -0.1) is 0 Å². The Labute approximate surface area is 165 Å². The fourth-order valence-corrected chi connectivity index (χ4v) is 3.46. The van der Waals surface area contributed by atoms with Crippen molar-refractivity contribution in [3.63, 3.8) is 0 Å². The summed E-state index contributed by atoms with van der Waals surface area (Å²) >= 11 is 0. The Morgan fingerprint density at radius 3 is 2.34 bits per heavy atom. The molecule has 0 radical (unpaired) electrons. The number of amides is 1. The quantitative estimate of drug-likeness (QED) is 0.596. The lowest BCUT2D eigenvalue weighted by atomic mass is 9.95. The van der Waals surface area contributed by atoms with E-state index in [1.54, 1.807) is 12.1 Å². The van der Waals surface area contributed by atoms with Crippen LogP contribution in [-0.4, -0.2) is 25.3 Å². The van der Waals surface area contributed by atoms with E-state index < -0.39 is 17.6 Å². The Morgan fingerprint density at radius 2 is 1.76 bits per heavy atom. The normalized spacial score (nSPS) is 15.2. The number of halogens is 4. The Kier molecular flexibility index (Phi) is 6.20. The molecule has 29 heavy (non-hydrogen) atoms. The number of carbonyl (C=O) groups excluding carboxylic acids is 2. The maximum atomic E-state index is 13.2. The van der Waals surface area contributed by atoms with E-state index in [-0.39, 0.29) is 23.9 Å². The van der Waals surface area contributed by atoms with Crippen LogP contribution in [-0.2, 0) is 17.5 Å². The lowest BCUT2D eigenvalue weighted by Crippen LogP contribution is -2.40. The average molecular weight is 408 g/mol. The molecule has 0 bridgehead atoms. The topological polar surface area (TPSA) is 49.4 Å². The van der Waals surface area contributed by atoms with Gasteiger partial charge < -0.3 is 10.2 Å². The molecule has 1 heterocycles. The molecule has 1 N–H and O–H groups in total. The SMILES string of the molecule is O=Cc1ccc(N2CCC(C(=O)NCc3ccc(F)cc3C(F)(F)F)CC2)cc1. The second kappa shape index (κ2) is 8.63. The minimum absolute atomic E-state index is 0.167. The molecule has 0 spiro atoms. The summed E-state index contributed by atoms with van der Waals surface area (Å²) in [6.45, 7) is 0.951. The third-order valence-corrected chi connectivity index (χ3v) is 5.09.